The van der Waals surface area contributed by atoms with Crippen LogP contribution in [0.1, 0.15) is 32.6 Å². The lowest BCUT2D eigenvalue weighted by Crippen LogP contribution is -2.06. The van der Waals surface area contributed by atoms with Crippen molar-refractivity contribution in [3.05, 3.63) is 0 Å². The normalized spacial score (nSPS) is 30.4. The second kappa shape index (κ2) is 3.74. The standard InChI is InChI=1S/C9H16O2/c1-7-3-4-8(5-7)6-9(10)11-2/h7-8H,3-6H2,1-2H3. The van der Waals surface area contributed by atoms with E-state index in [1.54, 1.807) is 0 Å². The number of ether oxygens (including phenoxy) is 1. The molecule has 64 valence electrons. The Morgan fingerprint density at radius 1 is 1.55 bits per heavy atom. The molecule has 1 rings (SSSR count). The van der Waals surface area contributed by atoms with E-state index in [1.807, 2.05) is 0 Å². The van der Waals surface area contributed by atoms with Crippen LogP contribution in [0.5, 0.6) is 0 Å². The Morgan fingerprint density at radius 3 is 2.73 bits per heavy atom. The summed E-state index contributed by atoms with van der Waals surface area (Å²) < 4.78 is 4.61. The zero-order chi connectivity index (χ0) is 8.27. The van der Waals surface area contributed by atoms with Crippen molar-refractivity contribution in [3.8, 4) is 0 Å². The first-order chi connectivity index (χ1) is 5.22. The third kappa shape index (κ3) is 2.52. The Kier molecular flexibility index (Phi) is 2.92. The molecule has 1 aliphatic rings. The molecule has 1 aliphatic carbocycles. The molecule has 1 saturated carbocycles. The van der Waals surface area contributed by atoms with Gasteiger partial charge in [-0.15, -0.1) is 0 Å². The van der Waals surface area contributed by atoms with Gasteiger partial charge in [-0.05, 0) is 24.7 Å². The maximum absolute atomic E-state index is 10.9. The summed E-state index contributed by atoms with van der Waals surface area (Å²) in [4.78, 5) is 10.9. The van der Waals surface area contributed by atoms with E-state index in [2.05, 4.69) is 11.7 Å². The maximum atomic E-state index is 10.9. The highest BCUT2D eigenvalue weighted by molar-refractivity contribution is 5.69. The van der Waals surface area contributed by atoms with E-state index in [0.29, 0.717) is 12.3 Å². The number of esters is 1. The first-order valence-corrected chi connectivity index (χ1v) is 4.29. The Balaban J connectivity index is 2.23. The minimum atomic E-state index is -0.0518. The molecule has 0 aromatic carbocycles. The molecular weight excluding hydrogens is 140 g/mol. The topological polar surface area (TPSA) is 26.3 Å². The summed E-state index contributed by atoms with van der Waals surface area (Å²) in [5.41, 5.74) is 0. The van der Waals surface area contributed by atoms with Gasteiger partial charge in [0.25, 0.3) is 0 Å². The summed E-state index contributed by atoms with van der Waals surface area (Å²) in [5.74, 6) is 1.35. The van der Waals surface area contributed by atoms with Gasteiger partial charge in [0.05, 0.1) is 7.11 Å². The van der Waals surface area contributed by atoms with Crippen molar-refractivity contribution in [2.45, 2.75) is 32.6 Å². The molecule has 0 aromatic rings. The smallest absolute Gasteiger partial charge is 0.305 e. The molecule has 0 saturated heterocycles. The van der Waals surface area contributed by atoms with Crippen molar-refractivity contribution in [3.63, 3.8) is 0 Å². The summed E-state index contributed by atoms with van der Waals surface area (Å²) in [6, 6.07) is 0. The fraction of sp³-hybridized carbons (Fsp3) is 0.889. The first kappa shape index (κ1) is 8.57. The molecule has 0 aliphatic heterocycles. The van der Waals surface area contributed by atoms with Crippen LogP contribution in [0.25, 0.3) is 0 Å². The highest BCUT2D eigenvalue weighted by Crippen LogP contribution is 2.32. The Bertz CT molecular complexity index is 142. The SMILES string of the molecule is COC(=O)CC1CCC(C)C1. The number of methoxy groups -OCH3 is 1. The van der Waals surface area contributed by atoms with E-state index in [4.69, 9.17) is 0 Å². The third-order valence-electron chi connectivity index (χ3n) is 2.49. The van der Waals surface area contributed by atoms with E-state index in [9.17, 15) is 4.79 Å². The molecule has 0 spiro atoms. The lowest BCUT2D eigenvalue weighted by molar-refractivity contribution is -0.141. The van der Waals surface area contributed by atoms with E-state index >= 15 is 0 Å². The van der Waals surface area contributed by atoms with Crippen LogP contribution in [0.15, 0.2) is 0 Å². The summed E-state index contributed by atoms with van der Waals surface area (Å²) >= 11 is 0. The minimum absolute atomic E-state index is 0.0518. The highest BCUT2D eigenvalue weighted by Gasteiger charge is 2.23. The lowest BCUT2D eigenvalue weighted by atomic mass is 10.0. The zero-order valence-electron chi connectivity index (χ0n) is 7.30. The lowest BCUT2D eigenvalue weighted by Gasteiger charge is -2.06. The Hall–Kier alpha value is -0.530. The first-order valence-electron chi connectivity index (χ1n) is 4.29. The Morgan fingerprint density at radius 2 is 2.27 bits per heavy atom. The number of rotatable bonds is 2. The summed E-state index contributed by atoms with van der Waals surface area (Å²) in [5, 5.41) is 0. The van der Waals surface area contributed by atoms with E-state index < -0.39 is 0 Å². The van der Waals surface area contributed by atoms with Crippen LogP contribution in [0.4, 0.5) is 0 Å². The van der Waals surface area contributed by atoms with Crippen molar-refractivity contribution in [2.75, 3.05) is 7.11 Å². The number of hydrogen-bond donors (Lipinski definition) is 0. The largest absolute Gasteiger partial charge is 0.469 e. The van der Waals surface area contributed by atoms with Crippen molar-refractivity contribution < 1.29 is 9.53 Å². The molecule has 0 radical (unpaired) electrons. The predicted molar refractivity (Wildman–Crippen MR) is 43.1 cm³/mol. The van der Waals surface area contributed by atoms with Crippen LogP contribution in [0.3, 0.4) is 0 Å². The van der Waals surface area contributed by atoms with Crippen LogP contribution < -0.4 is 0 Å². The second-order valence-electron chi connectivity index (χ2n) is 3.56. The fourth-order valence-corrected chi connectivity index (χ4v) is 1.83. The molecule has 2 heteroatoms. The summed E-state index contributed by atoms with van der Waals surface area (Å²) in [6.07, 6.45) is 4.31. The Labute approximate surface area is 67.9 Å². The van der Waals surface area contributed by atoms with E-state index in [0.717, 1.165) is 5.92 Å². The zero-order valence-corrected chi connectivity index (χ0v) is 7.30. The minimum Gasteiger partial charge on any atom is -0.469 e. The van der Waals surface area contributed by atoms with Gasteiger partial charge in [-0.25, -0.2) is 0 Å². The molecule has 11 heavy (non-hydrogen) atoms. The van der Waals surface area contributed by atoms with Crippen LogP contribution in [0, 0.1) is 11.8 Å². The molecule has 2 nitrogen and oxygen atoms in total. The second-order valence-corrected chi connectivity index (χ2v) is 3.56. The molecule has 1 fully saturated rings. The van der Waals surface area contributed by atoms with Crippen LogP contribution in [-0.4, -0.2) is 13.1 Å². The summed E-state index contributed by atoms with van der Waals surface area (Å²) in [6.45, 7) is 2.25. The average molecular weight is 156 g/mol. The molecule has 0 bridgehead atoms. The van der Waals surface area contributed by atoms with E-state index in [1.165, 1.54) is 26.4 Å². The van der Waals surface area contributed by atoms with Crippen molar-refractivity contribution in [2.24, 2.45) is 11.8 Å². The number of hydrogen-bond acceptors (Lipinski definition) is 2. The average Bonchev–Trinajstić information content (AvgIpc) is 2.35. The third-order valence-corrected chi connectivity index (χ3v) is 2.49. The van der Waals surface area contributed by atoms with E-state index in [-0.39, 0.29) is 5.97 Å². The van der Waals surface area contributed by atoms with Crippen LogP contribution in [-0.2, 0) is 9.53 Å². The summed E-state index contributed by atoms with van der Waals surface area (Å²) in [7, 11) is 1.46. The van der Waals surface area contributed by atoms with Crippen LogP contribution in [0.2, 0.25) is 0 Å². The monoisotopic (exact) mass is 156 g/mol. The van der Waals surface area contributed by atoms with Gasteiger partial charge < -0.3 is 4.74 Å². The van der Waals surface area contributed by atoms with Gasteiger partial charge in [-0.3, -0.25) is 4.79 Å². The van der Waals surface area contributed by atoms with Crippen LogP contribution >= 0.6 is 0 Å². The van der Waals surface area contributed by atoms with Crippen molar-refractivity contribution in [1.29, 1.82) is 0 Å². The maximum Gasteiger partial charge on any atom is 0.305 e. The van der Waals surface area contributed by atoms with Crippen molar-refractivity contribution in [1.82, 2.24) is 0 Å². The van der Waals surface area contributed by atoms with Gasteiger partial charge in [-0.2, -0.15) is 0 Å². The molecule has 2 unspecified atom stereocenters. The van der Waals surface area contributed by atoms with Gasteiger partial charge in [0.15, 0.2) is 0 Å². The number of carbonyl (C=O) groups excluding carboxylic acids is 1. The molecule has 0 N–H and O–H groups in total. The molecule has 0 aromatic heterocycles. The molecular formula is C9H16O2. The highest BCUT2D eigenvalue weighted by atomic mass is 16.5. The van der Waals surface area contributed by atoms with Gasteiger partial charge in [0.2, 0.25) is 0 Å². The van der Waals surface area contributed by atoms with Crippen molar-refractivity contribution >= 4 is 5.97 Å². The predicted octanol–water partition coefficient (Wildman–Crippen LogP) is 1.99. The molecule has 0 amide bonds. The fourth-order valence-electron chi connectivity index (χ4n) is 1.83. The molecule has 0 heterocycles. The van der Waals surface area contributed by atoms with Gasteiger partial charge in [-0.1, -0.05) is 13.3 Å². The van der Waals surface area contributed by atoms with Gasteiger partial charge >= 0.3 is 5.97 Å². The van der Waals surface area contributed by atoms with Gasteiger partial charge in [0, 0.05) is 6.42 Å². The van der Waals surface area contributed by atoms with Gasteiger partial charge in [0.1, 0.15) is 0 Å². The quantitative estimate of drug-likeness (QED) is 0.571. The molecule has 2 atom stereocenters. The number of carbonyl (C=O) groups is 1.